The van der Waals surface area contributed by atoms with Gasteiger partial charge in [-0.05, 0) is 19.3 Å². The van der Waals surface area contributed by atoms with Crippen LogP contribution in [0.1, 0.15) is 19.3 Å². The Balaban J connectivity index is 2.05. The molecule has 2 aliphatic rings. The average Bonchev–Trinajstić information content (AvgIpc) is 2.07. The number of halogens is 1. The van der Waals surface area contributed by atoms with E-state index in [1.165, 1.54) is 0 Å². The number of hydrogen-bond donors (Lipinski definition) is 3. The van der Waals surface area contributed by atoms with E-state index in [2.05, 4.69) is 16.4 Å². The number of alkyl halides is 1. The summed E-state index contributed by atoms with van der Waals surface area (Å²) in [5.74, 6) is -0.295. The van der Waals surface area contributed by atoms with E-state index in [1.807, 2.05) is 0 Å². The van der Waals surface area contributed by atoms with Crippen LogP contribution in [0.15, 0.2) is 0 Å². The molecule has 1 aliphatic carbocycles. The Kier molecular flexibility index (Phi) is 1.98. The van der Waals surface area contributed by atoms with Crippen LogP contribution in [-0.4, -0.2) is 18.1 Å². The quantitative estimate of drug-likeness (QED) is 0.468. The van der Waals surface area contributed by atoms with Gasteiger partial charge in [0.05, 0.1) is 5.92 Å². The number of hydrazine groups is 2. The van der Waals surface area contributed by atoms with E-state index in [9.17, 15) is 9.18 Å². The minimum atomic E-state index is -0.808. The van der Waals surface area contributed by atoms with Crippen LogP contribution in [0, 0.1) is 5.92 Å². The molecule has 5 heteroatoms. The molecule has 1 heterocycles. The van der Waals surface area contributed by atoms with Gasteiger partial charge >= 0.3 is 0 Å². The molecule has 3 atom stereocenters. The maximum Gasteiger partial charge on any atom is 0.240 e. The van der Waals surface area contributed by atoms with Crippen molar-refractivity contribution in [1.82, 2.24) is 16.4 Å². The molecule has 1 amide bonds. The Morgan fingerprint density at radius 1 is 1.42 bits per heavy atom. The fourth-order valence-corrected chi connectivity index (χ4v) is 1.86. The highest BCUT2D eigenvalue weighted by molar-refractivity contribution is 5.79. The fraction of sp³-hybridized carbons (Fsp3) is 0.857. The zero-order valence-corrected chi connectivity index (χ0v) is 6.64. The van der Waals surface area contributed by atoms with Gasteiger partial charge in [-0.25, -0.2) is 9.82 Å². The third-order valence-electron chi connectivity index (χ3n) is 2.57. The van der Waals surface area contributed by atoms with E-state index in [0.29, 0.717) is 12.8 Å². The minimum absolute atomic E-state index is 0.0962. The number of amides is 1. The molecule has 0 radical (unpaired) electrons. The molecule has 1 saturated carbocycles. The van der Waals surface area contributed by atoms with Gasteiger partial charge in [0.1, 0.15) is 6.17 Å². The second-order valence-corrected chi connectivity index (χ2v) is 3.38. The van der Waals surface area contributed by atoms with Crippen LogP contribution in [0.3, 0.4) is 0 Å². The summed E-state index contributed by atoms with van der Waals surface area (Å²) in [5, 5.41) is 0. The van der Waals surface area contributed by atoms with E-state index < -0.39 is 6.17 Å². The number of fused-ring (bicyclic) bond motifs is 1. The molecule has 2 fully saturated rings. The Morgan fingerprint density at radius 3 is 3.08 bits per heavy atom. The SMILES string of the molecule is O=C1NNNC2CCC(F)CC12. The van der Waals surface area contributed by atoms with Crippen LogP contribution in [-0.2, 0) is 4.79 Å². The number of carbonyl (C=O) groups is 1. The Bertz CT molecular complexity index is 199. The Morgan fingerprint density at radius 2 is 2.25 bits per heavy atom. The van der Waals surface area contributed by atoms with E-state index in [4.69, 9.17) is 0 Å². The molecule has 3 unspecified atom stereocenters. The van der Waals surface area contributed by atoms with Gasteiger partial charge in [0.15, 0.2) is 0 Å². The van der Waals surface area contributed by atoms with Gasteiger partial charge in [-0.1, -0.05) is 0 Å². The van der Waals surface area contributed by atoms with Crippen molar-refractivity contribution in [2.75, 3.05) is 0 Å². The van der Waals surface area contributed by atoms with E-state index in [0.717, 1.165) is 6.42 Å². The maximum absolute atomic E-state index is 12.9. The van der Waals surface area contributed by atoms with Gasteiger partial charge in [0.25, 0.3) is 0 Å². The van der Waals surface area contributed by atoms with E-state index in [-0.39, 0.29) is 17.9 Å². The van der Waals surface area contributed by atoms with Crippen LogP contribution in [0.2, 0.25) is 0 Å². The van der Waals surface area contributed by atoms with Gasteiger partial charge in [-0.2, -0.15) is 5.53 Å². The summed E-state index contributed by atoms with van der Waals surface area (Å²) in [6, 6.07) is 0.103. The molecular weight excluding hydrogens is 161 g/mol. The summed E-state index contributed by atoms with van der Waals surface area (Å²) in [6.45, 7) is 0. The number of carbonyl (C=O) groups excluding carboxylic acids is 1. The second kappa shape index (κ2) is 2.99. The first-order chi connectivity index (χ1) is 5.77. The van der Waals surface area contributed by atoms with Crippen molar-refractivity contribution in [3.8, 4) is 0 Å². The predicted molar refractivity (Wildman–Crippen MR) is 40.4 cm³/mol. The van der Waals surface area contributed by atoms with Crippen molar-refractivity contribution in [3.05, 3.63) is 0 Å². The lowest BCUT2D eigenvalue weighted by molar-refractivity contribution is -0.132. The van der Waals surface area contributed by atoms with Crippen molar-refractivity contribution in [2.24, 2.45) is 5.92 Å². The largest absolute Gasteiger partial charge is 0.278 e. The van der Waals surface area contributed by atoms with Gasteiger partial charge < -0.3 is 0 Å². The normalized spacial score (nSPS) is 41.8. The van der Waals surface area contributed by atoms with Gasteiger partial charge in [0, 0.05) is 6.04 Å². The van der Waals surface area contributed by atoms with Crippen molar-refractivity contribution < 1.29 is 9.18 Å². The summed E-state index contributed by atoms with van der Waals surface area (Å²) in [7, 11) is 0. The van der Waals surface area contributed by atoms with Crippen LogP contribution < -0.4 is 16.4 Å². The molecule has 4 nitrogen and oxygen atoms in total. The number of hydrogen-bond acceptors (Lipinski definition) is 3. The molecule has 12 heavy (non-hydrogen) atoms. The summed E-state index contributed by atoms with van der Waals surface area (Å²) in [5.41, 5.74) is 7.93. The topological polar surface area (TPSA) is 53.2 Å². The van der Waals surface area contributed by atoms with Crippen molar-refractivity contribution >= 4 is 5.91 Å². The summed E-state index contributed by atoms with van der Waals surface area (Å²) in [6.07, 6.45) is 0.831. The molecule has 1 aliphatic heterocycles. The minimum Gasteiger partial charge on any atom is -0.278 e. The van der Waals surface area contributed by atoms with Gasteiger partial charge in [-0.15, -0.1) is 0 Å². The highest BCUT2D eigenvalue weighted by atomic mass is 19.1. The number of nitrogens with one attached hydrogen (secondary N) is 3. The fourth-order valence-electron chi connectivity index (χ4n) is 1.86. The molecule has 0 bridgehead atoms. The molecular formula is C7H12FN3O. The van der Waals surface area contributed by atoms with Gasteiger partial charge in [-0.3, -0.25) is 10.2 Å². The van der Waals surface area contributed by atoms with Crippen LogP contribution in [0.25, 0.3) is 0 Å². The van der Waals surface area contributed by atoms with Crippen LogP contribution >= 0.6 is 0 Å². The van der Waals surface area contributed by atoms with Crippen molar-refractivity contribution in [2.45, 2.75) is 31.5 Å². The molecule has 68 valence electrons. The van der Waals surface area contributed by atoms with Crippen molar-refractivity contribution in [1.29, 1.82) is 0 Å². The molecule has 0 spiro atoms. The third kappa shape index (κ3) is 1.30. The molecule has 0 aromatic rings. The Hall–Kier alpha value is -0.680. The molecule has 0 aromatic heterocycles. The standard InChI is InChI=1S/C7H12FN3O/c8-4-1-2-6-5(3-4)7(12)10-11-9-6/h4-6,9,11H,1-3H2,(H,10,12). The molecule has 0 aromatic carbocycles. The monoisotopic (exact) mass is 173 g/mol. The summed E-state index contributed by atoms with van der Waals surface area (Å²) >= 11 is 0. The van der Waals surface area contributed by atoms with Crippen molar-refractivity contribution in [3.63, 3.8) is 0 Å². The first-order valence-corrected chi connectivity index (χ1v) is 4.22. The lowest BCUT2D eigenvalue weighted by Crippen LogP contribution is -2.64. The van der Waals surface area contributed by atoms with Crippen LogP contribution in [0.5, 0.6) is 0 Å². The van der Waals surface area contributed by atoms with Gasteiger partial charge in [0.2, 0.25) is 5.91 Å². The van der Waals surface area contributed by atoms with E-state index in [1.54, 1.807) is 0 Å². The molecule has 3 N–H and O–H groups in total. The summed E-state index contributed by atoms with van der Waals surface area (Å²) in [4.78, 5) is 11.2. The Labute approximate surface area is 69.8 Å². The second-order valence-electron chi connectivity index (χ2n) is 3.38. The predicted octanol–water partition coefficient (Wildman–Crippen LogP) is -0.368. The van der Waals surface area contributed by atoms with E-state index >= 15 is 0 Å². The highest BCUT2D eigenvalue weighted by Crippen LogP contribution is 2.27. The third-order valence-corrected chi connectivity index (χ3v) is 2.57. The molecule has 1 saturated heterocycles. The smallest absolute Gasteiger partial charge is 0.240 e. The maximum atomic E-state index is 12.9. The van der Waals surface area contributed by atoms with Crippen LogP contribution in [0.4, 0.5) is 4.39 Å². The lowest BCUT2D eigenvalue weighted by atomic mass is 9.83. The highest BCUT2D eigenvalue weighted by Gasteiger charge is 2.37. The number of rotatable bonds is 0. The lowest BCUT2D eigenvalue weighted by Gasteiger charge is -2.36. The first kappa shape index (κ1) is 7.94. The first-order valence-electron chi connectivity index (χ1n) is 4.22. The summed E-state index contributed by atoms with van der Waals surface area (Å²) < 4.78 is 12.9. The zero-order chi connectivity index (χ0) is 8.55. The average molecular weight is 173 g/mol. The molecule has 2 rings (SSSR count). The zero-order valence-electron chi connectivity index (χ0n) is 6.64.